The minimum Gasteiger partial charge on any atom is -0.368 e. The van der Waals surface area contributed by atoms with Gasteiger partial charge in [-0.1, -0.05) is 18.2 Å². The number of carbonyl (C=O) groups excluding carboxylic acids is 1. The van der Waals surface area contributed by atoms with Gasteiger partial charge >= 0.3 is 6.18 Å². The molecule has 3 heterocycles. The number of halogens is 5. The van der Waals surface area contributed by atoms with Crippen LogP contribution in [0.4, 0.5) is 18.9 Å². The Labute approximate surface area is 232 Å². The van der Waals surface area contributed by atoms with E-state index in [2.05, 4.69) is 14.8 Å². The van der Waals surface area contributed by atoms with Crippen LogP contribution in [-0.2, 0) is 11.0 Å². The summed E-state index contributed by atoms with van der Waals surface area (Å²) in [5.41, 5.74) is 6.50. The summed E-state index contributed by atoms with van der Waals surface area (Å²) in [6.07, 6.45) is -0.561. The molecule has 1 unspecified atom stereocenters. The molecule has 1 aliphatic carbocycles. The third-order valence-corrected chi connectivity index (χ3v) is 8.72. The summed E-state index contributed by atoms with van der Waals surface area (Å²) >= 11 is 1.77. The SMILES string of the molecule is Cl.Cl.NC(C(=O)N1CCSC1)C1CCC(N2CCN(c3cc(C(F)(F)F)nc4ccccc34)CC2)CC1. The van der Waals surface area contributed by atoms with Gasteiger partial charge in [0.15, 0.2) is 0 Å². The first kappa shape index (κ1) is 30.1. The number of rotatable bonds is 4. The maximum atomic E-state index is 13.5. The second-order valence-corrected chi connectivity index (χ2v) is 10.9. The highest BCUT2D eigenvalue weighted by Gasteiger charge is 2.36. The number of piperazine rings is 1. The molecule has 1 atom stereocenters. The topological polar surface area (TPSA) is 65.7 Å². The predicted octanol–water partition coefficient (Wildman–Crippen LogP) is 4.64. The fraction of sp³-hybridized carbons (Fsp3) is 0.600. The van der Waals surface area contributed by atoms with Crippen molar-refractivity contribution < 1.29 is 18.0 Å². The molecule has 0 radical (unpaired) electrons. The number of thioether (sulfide) groups is 1. The highest BCUT2D eigenvalue weighted by atomic mass is 35.5. The van der Waals surface area contributed by atoms with Gasteiger partial charge in [0.1, 0.15) is 5.69 Å². The largest absolute Gasteiger partial charge is 0.433 e. The van der Waals surface area contributed by atoms with Crippen LogP contribution in [-0.4, -0.2) is 77.1 Å². The molecule has 1 saturated carbocycles. The van der Waals surface area contributed by atoms with Crippen LogP contribution >= 0.6 is 36.6 Å². The quantitative estimate of drug-likeness (QED) is 0.569. The standard InChI is InChI=1S/C25H32F3N5OS.2ClH/c26-25(27,28)22-15-21(19-3-1-2-4-20(19)30-22)32-11-9-31(10-12-32)18-7-5-17(6-8-18)23(29)24(34)33-13-14-35-16-33;;/h1-4,15,17-18,23H,5-14,16,29H2;2*1H. The molecule has 1 aromatic heterocycles. The van der Waals surface area contributed by atoms with Crippen molar-refractivity contribution in [2.75, 3.05) is 49.3 Å². The summed E-state index contributed by atoms with van der Waals surface area (Å²) in [4.78, 5) is 22.9. The Morgan fingerprint density at radius 2 is 1.70 bits per heavy atom. The zero-order valence-electron chi connectivity index (χ0n) is 20.5. The summed E-state index contributed by atoms with van der Waals surface area (Å²) < 4.78 is 40.4. The Morgan fingerprint density at radius 1 is 1.03 bits per heavy atom. The van der Waals surface area contributed by atoms with Gasteiger partial charge in [-0.25, -0.2) is 4.98 Å². The van der Waals surface area contributed by atoms with Crippen molar-refractivity contribution in [2.24, 2.45) is 11.7 Å². The zero-order chi connectivity index (χ0) is 24.6. The lowest BCUT2D eigenvalue weighted by atomic mass is 9.80. The fourth-order valence-electron chi connectivity index (χ4n) is 5.72. The van der Waals surface area contributed by atoms with E-state index in [0.717, 1.165) is 62.3 Å². The molecule has 3 fully saturated rings. The Balaban J connectivity index is 0.00000190. The van der Waals surface area contributed by atoms with E-state index in [4.69, 9.17) is 5.73 Å². The summed E-state index contributed by atoms with van der Waals surface area (Å²) in [7, 11) is 0. The van der Waals surface area contributed by atoms with Gasteiger partial charge in [-0.05, 0) is 43.7 Å². The normalized spacial score (nSPS) is 23.9. The number of aromatic nitrogens is 1. The molecule has 0 bridgehead atoms. The number of carbonyl (C=O) groups is 1. The van der Waals surface area contributed by atoms with E-state index in [1.54, 1.807) is 23.9 Å². The van der Waals surface area contributed by atoms with E-state index in [-0.39, 0.29) is 36.6 Å². The van der Waals surface area contributed by atoms with Crippen LogP contribution in [0.25, 0.3) is 10.9 Å². The highest BCUT2D eigenvalue weighted by Crippen LogP contribution is 2.36. The van der Waals surface area contributed by atoms with Gasteiger partial charge in [-0.15, -0.1) is 36.6 Å². The smallest absolute Gasteiger partial charge is 0.368 e. The molecule has 1 aromatic carbocycles. The summed E-state index contributed by atoms with van der Waals surface area (Å²) in [5, 5.41) is 0.754. The second kappa shape index (κ2) is 12.6. The van der Waals surface area contributed by atoms with Crippen LogP contribution in [0.1, 0.15) is 31.4 Å². The minimum atomic E-state index is -4.48. The van der Waals surface area contributed by atoms with Gasteiger partial charge < -0.3 is 15.5 Å². The number of hydrogen-bond acceptors (Lipinski definition) is 6. The molecule has 206 valence electrons. The Morgan fingerprint density at radius 3 is 2.32 bits per heavy atom. The molecule has 2 aliphatic heterocycles. The van der Waals surface area contributed by atoms with E-state index < -0.39 is 17.9 Å². The molecule has 2 saturated heterocycles. The summed E-state index contributed by atoms with van der Waals surface area (Å²) in [5.74, 6) is 2.07. The number of pyridine rings is 1. The molecule has 0 spiro atoms. The van der Waals surface area contributed by atoms with Gasteiger partial charge in [-0.2, -0.15) is 13.2 Å². The number of nitrogens with two attached hydrogens (primary N) is 1. The highest BCUT2D eigenvalue weighted by molar-refractivity contribution is 7.99. The molecule has 3 aliphatic rings. The maximum Gasteiger partial charge on any atom is 0.433 e. The lowest BCUT2D eigenvalue weighted by molar-refractivity contribution is -0.141. The average molecular weight is 581 g/mol. The van der Waals surface area contributed by atoms with E-state index in [1.165, 1.54) is 6.07 Å². The maximum absolute atomic E-state index is 13.5. The number of para-hydroxylation sites is 1. The molecule has 12 heteroatoms. The van der Waals surface area contributed by atoms with E-state index in [0.29, 0.717) is 30.3 Å². The van der Waals surface area contributed by atoms with Crippen LogP contribution in [0.2, 0.25) is 0 Å². The first-order valence-corrected chi connectivity index (χ1v) is 13.5. The molecular formula is C25H34Cl2F3N5OS. The molecule has 2 N–H and O–H groups in total. The van der Waals surface area contributed by atoms with Gasteiger partial charge in [0.25, 0.3) is 0 Å². The number of alkyl halides is 3. The van der Waals surface area contributed by atoms with Crippen LogP contribution in [0.5, 0.6) is 0 Å². The van der Waals surface area contributed by atoms with Crippen LogP contribution in [0.15, 0.2) is 30.3 Å². The molecule has 1 amide bonds. The van der Waals surface area contributed by atoms with Crippen molar-refractivity contribution in [3.8, 4) is 0 Å². The van der Waals surface area contributed by atoms with E-state index in [1.807, 2.05) is 17.0 Å². The predicted molar refractivity (Wildman–Crippen MR) is 148 cm³/mol. The number of hydrogen-bond donors (Lipinski definition) is 1. The fourth-order valence-corrected chi connectivity index (χ4v) is 6.67. The van der Waals surface area contributed by atoms with Crippen molar-refractivity contribution >= 4 is 59.1 Å². The van der Waals surface area contributed by atoms with Gasteiger partial charge in [0, 0.05) is 55.6 Å². The molecule has 37 heavy (non-hydrogen) atoms. The number of benzene rings is 1. The van der Waals surface area contributed by atoms with Crippen molar-refractivity contribution in [1.82, 2.24) is 14.8 Å². The Hall–Kier alpha value is -1.46. The van der Waals surface area contributed by atoms with Gasteiger partial charge in [0.05, 0.1) is 17.4 Å². The molecule has 6 nitrogen and oxygen atoms in total. The molecule has 2 aromatic rings. The molecule has 5 rings (SSSR count). The molecular weight excluding hydrogens is 546 g/mol. The van der Waals surface area contributed by atoms with Crippen LogP contribution < -0.4 is 10.6 Å². The number of anilines is 1. The zero-order valence-corrected chi connectivity index (χ0v) is 23.0. The van der Waals surface area contributed by atoms with Crippen LogP contribution in [0.3, 0.4) is 0 Å². The van der Waals surface area contributed by atoms with Gasteiger partial charge in [0.2, 0.25) is 5.91 Å². The monoisotopic (exact) mass is 579 g/mol. The average Bonchev–Trinajstić information content (AvgIpc) is 3.42. The summed E-state index contributed by atoms with van der Waals surface area (Å²) in [6.45, 7) is 3.77. The van der Waals surface area contributed by atoms with Crippen molar-refractivity contribution in [2.45, 2.75) is 43.9 Å². The van der Waals surface area contributed by atoms with Crippen molar-refractivity contribution in [3.63, 3.8) is 0 Å². The number of amides is 1. The van der Waals surface area contributed by atoms with Crippen molar-refractivity contribution in [1.29, 1.82) is 0 Å². The lowest BCUT2D eigenvalue weighted by Crippen LogP contribution is -2.53. The lowest BCUT2D eigenvalue weighted by Gasteiger charge is -2.43. The van der Waals surface area contributed by atoms with E-state index >= 15 is 0 Å². The van der Waals surface area contributed by atoms with Crippen LogP contribution in [0, 0.1) is 5.92 Å². The summed E-state index contributed by atoms with van der Waals surface area (Å²) in [6, 6.07) is 8.27. The van der Waals surface area contributed by atoms with Gasteiger partial charge in [-0.3, -0.25) is 9.69 Å². The third kappa shape index (κ3) is 6.58. The first-order valence-electron chi connectivity index (χ1n) is 12.4. The third-order valence-electron chi connectivity index (χ3n) is 7.75. The Kier molecular flexibility index (Phi) is 10.2. The number of fused-ring (bicyclic) bond motifs is 1. The minimum absolute atomic E-state index is 0. The number of nitrogens with zero attached hydrogens (tertiary/aromatic N) is 4. The second-order valence-electron chi connectivity index (χ2n) is 9.80. The first-order chi connectivity index (χ1) is 16.8. The Bertz CT molecular complexity index is 1060. The van der Waals surface area contributed by atoms with E-state index in [9.17, 15) is 18.0 Å². The van der Waals surface area contributed by atoms with Crippen molar-refractivity contribution in [3.05, 3.63) is 36.0 Å².